The Balaban J connectivity index is 0.808. The van der Waals surface area contributed by atoms with E-state index in [9.17, 15) is 24.3 Å². The molecule has 0 radical (unpaired) electrons. The van der Waals surface area contributed by atoms with E-state index in [0.717, 1.165) is 57.8 Å². The maximum Gasteiger partial charge on any atom is 0.271 e. The molecule has 2 aromatic heterocycles. The fourth-order valence-corrected chi connectivity index (χ4v) is 8.90. The van der Waals surface area contributed by atoms with E-state index in [0.29, 0.717) is 53.6 Å². The maximum atomic E-state index is 13.7. The zero-order chi connectivity index (χ0) is 43.2. The zero-order valence-electron chi connectivity index (χ0n) is 34.2. The Kier molecular flexibility index (Phi) is 13.3. The summed E-state index contributed by atoms with van der Waals surface area (Å²) in [5.74, 6) is -0.758. The van der Waals surface area contributed by atoms with Crippen LogP contribution in [0.1, 0.15) is 70.9 Å². The molecular weight excluding hydrogens is 829 g/mol. The van der Waals surface area contributed by atoms with Gasteiger partial charge in [0.1, 0.15) is 11.9 Å². The summed E-state index contributed by atoms with van der Waals surface area (Å²) in [4.78, 5) is 60.1. The number of hydrogen-bond acceptors (Lipinski definition) is 10. The second kappa shape index (κ2) is 19.2. The SMILES string of the molecule is O=C1CCC(Nc2ccc(C3CCN(CCN4CCC(O)(CNC(=O)c5cc(NC(=O)c6cc(-c7ccccn7)c(Cl)cc6Cl)n(-c6ccccc6)n5)CC4)CC3)cc2)C(=O)N1. The van der Waals surface area contributed by atoms with Crippen molar-refractivity contribution in [2.24, 2.45) is 0 Å². The second-order valence-corrected chi connectivity index (χ2v) is 17.1. The quantitative estimate of drug-likeness (QED) is 0.0865. The standard InChI is InChI=1S/C46H49Cl2N9O5/c47-36-27-37(48)35(26-34(36)38-8-4-5-19-49-38)43(59)52-41-28-40(54-57(41)33-6-2-1-3-7-33)44(60)50-29-46(62)17-22-56(23-18-46)25-24-55-20-15-31(16-21-55)30-9-11-32(12-10-30)51-39-13-14-42(58)53-45(39)61/h1-12,19,26-28,31,39,51,62H,13-18,20-25,29H2,(H,50,60)(H,52,59)(H,53,58,61). The van der Waals surface area contributed by atoms with Crippen LogP contribution in [0.3, 0.4) is 0 Å². The van der Waals surface area contributed by atoms with Crippen molar-refractivity contribution in [3.05, 3.63) is 124 Å². The summed E-state index contributed by atoms with van der Waals surface area (Å²) in [6, 6.07) is 27.1. The fraction of sp³-hybridized carbons (Fsp3) is 0.348. The number of hydrogen-bond donors (Lipinski definition) is 5. The van der Waals surface area contributed by atoms with Gasteiger partial charge in [-0.15, -0.1) is 0 Å². The summed E-state index contributed by atoms with van der Waals surface area (Å²) < 4.78 is 1.48. The molecule has 62 heavy (non-hydrogen) atoms. The fourth-order valence-electron chi connectivity index (χ4n) is 8.33. The number of nitrogens with zero attached hydrogens (tertiary/aromatic N) is 5. The molecule has 3 aromatic carbocycles. The smallest absolute Gasteiger partial charge is 0.271 e. The topological polar surface area (TPSA) is 174 Å². The summed E-state index contributed by atoms with van der Waals surface area (Å²) in [7, 11) is 0. The van der Waals surface area contributed by atoms with Crippen molar-refractivity contribution < 1.29 is 24.3 Å². The number of para-hydroxylation sites is 1. The minimum absolute atomic E-state index is 0.0672. The van der Waals surface area contributed by atoms with Crippen LogP contribution >= 0.6 is 23.2 Å². The largest absolute Gasteiger partial charge is 0.388 e. The van der Waals surface area contributed by atoms with Crippen LogP contribution in [-0.2, 0) is 9.59 Å². The van der Waals surface area contributed by atoms with E-state index in [1.165, 1.54) is 22.4 Å². The number of imide groups is 1. The van der Waals surface area contributed by atoms with Crippen molar-refractivity contribution >= 4 is 58.3 Å². The lowest BCUT2D eigenvalue weighted by Crippen LogP contribution is -2.52. The number of nitrogens with one attached hydrogen (secondary N) is 4. The van der Waals surface area contributed by atoms with Crippen molar-refractivity contribution in [3.8, 4) is 16.9 Å². The molecule has 3 aliphatic rings. The molecule has 8 rings (SSSR count). The molecule has 0 aliphatic carbocycles. The Morgan fingerprint density at radius 2 is 1.53 bits per heavy atom. The number of carbonyl (C=O) groups is 4. The Morgan fingerprint density at radius 3 is 2.23 bits per heavy atom. The molecule has 5 aromatic rings. The van der Waals surface area contributed by atoms with Crippen LogP contribution in [0.2, 0.25) is 10.0 Å². The first kappa shape index (κ1) is 43.0. The zero-order valence-corrected chi connectivity index (χ0v) is 35.7. The van der Waals surface area contributed by atoms with E-state index in [1.807, 2.05) is 48.5 Å². The Labute approximate surface area is 370 Å². The molecule has 5 heterocycles. The van der Waals surface area contributed by atoms with E-state index in [1.54, 1.807) is 24.4 Å². The highest BCUT2D eigenvalue weighted by Gasteiger charge is 2.34. The van der Waals surface area contributed by atoms with Crippen molar-refractivity contribution in [2.45, 2.75) is 56.1 Å². The number of anilines is 2. The molecule has 3 fully saturated rings. The number of aliphatic hydroxyl groups is 1. The van der Waals surface area contributed by atoms with Crippen LogP contribution in [0.4, 0.5) is 11.5 Å². The molecule has 5 N–H and O–H groups in total. The first-order valence-corrected chi connectivity index (χ1v) is 21.8. The normalized spacial score (nSPS) is 18.5. The average molecular weight is 879 g/mol. The minimum Gasteiger partial charge on any atom is -0.388 e. The Hall–Kier alpha value is -5.64. The van der Waals surface area contributed by atoms with Gasteiger partial charge in [0.15, 0.2) is 5.69 Å². The number of likely N-dealkylation sites (tertiary alicyclic amines) is 2. The van der Waals surface area contributed by atoms with Crippen molar-refractivity contribution in [2.75, 3.05) is 56.4 Å². The molecule has 16 heteroatoms. The number of amides is 4. The van der Waals surface area contributed by atoms with Crippen molar-refractivity contribution in [1.29, 1.82) is 0 Å². The molecule has 3 saturated heterocycles. The van der Waals surface area contributed by atoms with Gasteiger partial charge in [0.05, 0.1) is 32.6 Å². The van der Waals surface area contributed by atoms with Gasteiger partial charge in [-0.25, -0.2) is 4.68 Å². The second-order valence-electron chi connectivity index (χ2n) is 16.3. The van der Waals surface area contributed by atoms with Gasteiger partial charge in [-0.05, 0) is 105 Å². The number of piperidine rings is 3. The van der Waals surface area contributed by atoms with Crippen LogP contribution in [0, 0.1) is 0 Å². The van der Waals surface area contributed by atoms with Gasteiger partial charge in [0, 0.05) is 62.7 Å². The predicted octanol–water partition coefficient (Wildman–Crippen LogP) is 6.15. The monoisotopic (exact) mass is 877 g/mol. The van der Waals surface area contributed by atoms with Crippen LogP contribution < -0.4 is 21.3 Å². The molecule has 1 unspecified atom stereocenters. The lowest BCUT2D eigenvalue weighted by atomic mass is 9.89. The molecule has 0 bridgehead atoms. The molecule has 1 atom stereocenters. The highest BCUT2D eigenvalue weighted by atomic mass is 35.5. The van der Waals surface area contributed by atoms with Gasteiger partial charge >= 0.3 is 0 Å². The van der Waals surface area contributed by atoms with Gasteiger partial charge in [-0.1, -0.05) is 59.6 Å². The third-order valence-corrected chi connectivity index (χ3v) is 12.7. The third kappa shape index (κ3) is 10.3. The molecule has 322 valence electrons. The molecule has 3 aliphatic heterocycles. The van der Waals surface area contributed by atoms with Crippen molar-refractivity contribution in [1.82, 2.24) is 35.2 Å². The summed E-state index contributed by atoms with van der Waals surface area (Å²) >= 11 is 13.0. The molecular formula is C46H49Cl2N9O5. The number of carbonyl (C=O) groups excluding carboxylic acids is 4. The van der Waals surface area contributed by atoms with Crippen LogP contribution in [0.5, 0.6) is 0 Å². The van der Waals surface area contributed by atoms with Gasteiger partial charge in [0.2, 0.25) is 11.8 Å². The molecule has 14 nitrogen and oxygen atoms in total. The highest BCUT2D eigenvalue weighted by Crippen LogP contribution is 2.33. The Morgan fingerprint density at radius 1 is 0.823 bits per heavy atom. The first-order valence-electron chi connectivity index (χ1n) is 21.0. The third-order valence-electron chi connectivity index (χ3n) is 12.1. The lowest BCUT2D eigenvalue weighted by molar-refractivity contribution is -0.133. The van der Waals surface area contributed by atoms with E-state index < -0.39 is 23.5 Å². The molecule has 0 saturated carbocycles. The molecule has 0 spiro atoms. The van der Waals surface area contributed by atoms with Crippen LogP contribution in [-0.4, -0.2) is 111 Å². The first-order chi connectivity index (χ1) is 30.0. The number of aromatic nitrogens is 3. The van der Waals surface area contributed by atoms with E-state index in [4.69, 9.17) is 23.2 Å². The van der Waals surface area contributed by atoms with E-state index >= 15 is 0 Å². The maximum absolute atomic E-state index is 13.7. The van der Waals surface area contributed by atoms with Crippen LogP contribution in [0.25, 0.3) is 16.9 Å². The van der Waals surface area contributed by atoms with Crippen LogP contribution in [0.15, 0.2) is 97.2 Å². The summed E-state index contributed by atoms with van der Waals surface area (Å²) in [5, 5.41) is 28.0. The van der Waals surface area contributed by atoms with E-state index in [-0.39, 0.29) is 40.5 Å². The van der Waals surface area contributed by atoms with Gasteiger partial charge in [0.25, 0.3) is 11.8 Å². The predicted molar refractivity (Wildman–Crippen MR) is 239 cm³/mol. The highest BCUT2D eigenvalue weighted by molar-refractivity contribution is 6.38. The van der Waals surface area contributed by atoms with Gasteiger partial charge < -0.3 is 30.9 Å². The number of pyridine rings is 1. The number of halogens is 2. The Bertz CT molecular complexity index is 2400. The lowest BCUT2D eigenvalue weighted by Gasteiger charge is -2.39. The summed E-state index contributed by atoms with van der Waals surface area (Å²) in [6.07, 6.45) is 5.66. The van der Waals surface area contributed by atoms with Gasteiger partial charge in [-0.2, -0.15) is 5.10 Å². The molecule has 4 amide bonds. The average Bonchev–Trinajstić information content (AvgIpc) is 3.71. The summed E-state index contributed by atoms with van der Waals surface area (Å²) in [6.45, 7) is 5.39. The summed E-state index contributed by atoms with van der Waals surface area (Å²) in [5.41, 5.74) is 3.11. The number of benzene rings is 3. The van der Waals surface area contributed by atoms with Crippen molar-refractivity contribution in [3.63, 3.8) is 0 Å². The minimum atomic E-state index is -1.06. The number of rotatable bonds is 13. The van der Waals surface area contributed by atoms with E-state index in [2.05, 4.69) is 53.3 Å². The van der Waals surface area contributed by atoms with Gasteiger partial charge in [-0.3, -0.25) is 29.5 Å².